The van der Waals surface area contributed by atoms with Gasteiger partial charge >= 0.3 is 0 Å². The molecule has 0 bridgehead atoms. The highest BCUT2D eigenvalue weighted by Crippen LogP contribution is 2.52. The van der Waals surface area contributed by atoms with Crippen LogP contribution in [0.5, 0.6) is 0 Å². The molecule has 2 nitrogen and oxygen atoms in total. The van der Waals surface area contributed by atoms with E-state index in [9.17, 15) is 0 Å². The molecule has 0 saturated heterocycles. The number of nitrogens with two attached hydrogens (primary N) is 1. The predicted molar refractivity (Wildman–Crippen MR) is 63.7 cm³/mol. The summed E-state index contributed by atoms with van der Waals surface area (Å²) in [4.78, 5) is 0. The van der Waals surface area contributed by atoms with Gasteiger partial charge in [-0.05, 0) is 17.9 Å². The van der Waals surface area contributed by atoms with E-state index in [4.69, 9.17) is 10.8 Å². The van der Waals surface area contributed by atoms with Crippen molar-refractivity contribution in [3.05, 3.63) is 35.9 Å². The molecule has 2 rings (SSSR count). The van der Waals surface area contributed by atoms with Gasteiger partial charge in [-0.15, -0.1) is 0 Å². The molecule has 1 aliphatic carbocycles. The topological polar surface area (TPSA) is 46.2 Å². The number of aliphatic hydroxyl groups excluding tert-OH is 1. The molecular formula is C13H21NO. The van der Waals surface area contributed by atoms with Gasteiger partial charge in [0, 0.05) is 18.6 Å². The zero-order chi connectivity index (χ0) is 11.3. The van der Waals surface area contributed by atoms with Crippen LogP contribution in [0.2, 0.25) is 0 Å². The maximum Gasteiger partial charge on any atom is 0.0468 e. The maximum absolute atomic E-state index is 9.08. The van der Waals surface area contributed by atoms with Crippen molar-refractivity contribution in [2.45, 2.75) is 25.7 Å². The molecule has 1 aromatic carbocycles. The quantitative estimate of drug-likeness (QED) is 0.795. The third-order valence-electron chi connectivity index (χ3n) is 3.17. The maximum atomic E-state index is 9.08. The van der Waals surface area contributed by atoms with E-state index < -0.39 is 0 Å². The van der Waals surface area contributed by atoms with Crippen molar-refractivity contribution >= 4 is 0 Å². The van der Waals surface area contributed by atoms with Crippen LogP contribution in [0.4, 0.5) is 0 Å². The van der Waals surface area contributed by atoms with Crippen molar-refractivity contribution in [1.82, 2.24) is 0 Å². The summed E-state index contributed by atoms with van der Waals surface area (Å²) in [6.45, 7) is 4.90. The van der Waals surface area contributed by atoms with E-state index in [1.54, 1.807) is 0 Å². The zero-order valence-corrected chi connectivity index (χ0v) is 9.61. The van der Waals surface area contributed by atoms with Crippen LogP contribution in [0.25, 0.3) is 0 Å². The molecule has 2 atom stereocenters. The largest absolute Gasteiger partial charge is 0.396 e. The van der Waals surface area contributed by atoms with E-state index in [1.807, 2.05) is 32.0 Å². The number of hydrogen-bond acceptors (Lipinski definition) is 2. The lowest BCUT2D eigenvalue weighted by atomic mass is 9.93. The Morgan fingerprint density at radius 1 is 1.33 bits per heavy atom. The Morgan fingerprint density at radius 2 is 1.93 bits per heavy atom. The molecule has 1 aliphatic rings. The highest BCUT2D eigenvalue weighted by atomic mass is 16.3. The van der Waals surface area contributed by atoms with Gasteiger partial charge in [0.15, 0.2) is 0 Å². The molecule has 84 valence electrons. The molecule has 0 heterocycles. The Balaban J connectivity index is 0.000000531. The van der Waals surface area contributed by atoms with Crippen molar-refractivity contribution in [3.8, 4) is 0 Å². The highest BCUT2D eigenvalue weighted by molar-refractivity contribution is 5.34. The first kappa shape index (κ1) is 12.2. The molecule has 1 fully saturated rings. The van der Waals surface area contributed by atoms with Crippen LogP contribution < -0.4 is 5.73 Å². The summed E-state index contributed by atoms with van der Waals surface area (Å²) in [6, 6.07) is 10.3. The lowest BCUT2D eigenvalue weighted by Crippen LogP contribution is -2.23. The van der Waals surface area contributed by atoms with Gasteiger partial charge in [0.25, 0.3) is 0 Å². The minimum Gasteiger partial charge on any atom is -0.396 e. The second-order valence-corrected chi connectivity index (χ2v) is 3.81. The van der Waals surface area contributed by atoms with E-state index in [0.717, 1.165) is 6.42 Å². The average Bonchev–Trinajstić information content (AvgIpc) is 3.08. The Bertz CT molecular complexity index is 286. The second-order valence-electron chi connectivity index (χ2n) is 3.81. The van der Waals surface area contributed by atoms with Crippen LogP contribution in [-0.2, 0) is 5.41 Å². The van der Waals surface area contributed by atoms with Gasteiger partial charge < -0.3 is 10.8 Å². The lowest BCUT2D eigenvalue weighted by molar-refractivity contribution is 0.264. The van der Waals surface area contributed by atoms with Crippen molar-refractivity contribution < 1.29 is 5.11 Å². The smallest absolute Gasteiger partial charge is 0.0468 e. The third kappa shape index (κ3) is 2.21. The van der Waals surface area contributed by atoms with E-state index in [-0.39, 0.29) is 12.0 Å². The number of benzene rings is 1. The van der Waals surface area contributed by atoms with Gasteiger partial charge in [-0.25, -0.2) is 0 Å². The Hall–Kier alpha value is -0.860. The molecule has 2 unspecified atom stereocenters. The summed E-state index contributed by atoms with van der Waals surface area (Å²) in [5, 5.41) is 9.08. The molecule has 0 aliphatic heterocycles. The van der Waals surface area contributed by atoms with Crippen LogP contribution in [0.1, 0.15) is 25.8 Å². The van der Waals surface area contributed by atoms with Gasteiger partial charge in [-0.2, -0.15) is 0 Å². The summed E-state index contributed by atoms with van der Waals surface area (Å²) < 4.78 is 0. The second kappa shape index (κ2) is 5.29. The van der Waals surface area contributed by atoms with E-state index >= 15 is 0 Å². The number of rotatable bonds is 3. The van der Waals surface area contributed by atoms with Crippen molar-refractivity contribution in [2.75, 3.05) is 13.2 Å². The molecule has 1 aromatic rings. The molecular weight excluding hydrogens is 186 g/mol. The van der Waals surface area contributed by atoms with Gasteiger partial charge in [0.05, 0.1) is 0 Å². The van der Waals surface area contributed by atoms with Gasteiger partial charge in [0.2, 0.25) is 0 Å². The van der Waals surface area contributed by atoms with Crippen molar-refractivity contribution in [3.63, 3.8) is 0 Å². The minimum atomic E-state index is 0.0794. The molecule has 0 spiro atoms. The fourth-order valence-electron chi connectivity index (χ4n) is 2.11. The highest BCUT2D eigenvalue weighted by Gasteiger charge is 2.53. The monoisotopic (exact) mass is 207 g/mol. The van der Waals surface area contributed by atoms with Crippen LogP contribution in [0.3, 0.4) is 0 Å². The lowest BCUT2D eigenvalue weighted by Gasteiger charge is -2.14. The standard InChI is InChI=1S/C11H15NO.C2H6/c12-8-11(6-10(11)7-13)9-4-2-1-3-5-9;1-2/h1-5,10,13H,6-8,12H2;1-2H3. The molecule has 0 radical (unpaired) electrons. The Morgan fingerprint density at radius 3 is 2.33 bits per heavy atom. The van der Waals surface area contributed by atoms with E-state index in [2.05, 4.69) is 12.1 Å². The number of hydrogen-bond donors (Lipinski definition) is 2. The average molecular weight is 207 g/mol. The molecule has 3 N–H and O–H groups in total. The molecule has 1 saturated carbocycles. The van der Waals surface area contributed by atoms with Gasteiger partial charge in [0.1, 0.15) is 0 Å². The fraction of sp³-hybridized carbons (Fsp3) is 0.538. The van der Waals surface area contributed by atoms with Gasteiger partial charge in [-0.3, -0.25) is 0 Å². The number of aliphatic hydroxyl groups is 1. The summed E-state index contributed by atoms with van der Waals surface area (Å²) in [5.74, 6) is 0.375. The van der Waals surface area contributed by atoms with Crippen LogP contribution >= 0.6 is 0 Å². The Kier molecular flexibility index (Phi) is 4.30. The SMILES string of the molecule is CC.NCC1(c2ccccc2)CC1CO. The summed E-state index contributed by atoms with van der Waals surface area (Å²) in [7, 11) is 0. The molecule has 2 heteroatoms. The van der Waals surface area contributed by atoms with Crippen LogP contribution in [0.15, 0.2) is 30.3 Å². The Labute approximate surface area is 92.1 Å². The van der Waals surface area contributed by atoms with Gasteiger partial charge in [-0.1, -0.05) is 44.2 Å². The fourth-order valence-corrected chi connectivity index (χ4v) is 2.11. The first-order valence-electron chi connectivity index (χ1n) is 5.70. The summed E-state index contributed by atoms with van der Waals surface area (Å²) in [6.07, 6.45) is 1.03. The predicted octanol–water partition coefficient (Wildman–Crippen LogP) is 1.92. The van der Waals surface area contributed by atoms with Crippen molar-refractivity contribution in [2.24, 2.45) is 11.7 Å². The summed E-state index contributed by atoms with van der Waals surface area (Å²) >= 11 is 0. The first-order chi connectivity index (χ1) is 7.33. The normalized spacial score (nSPS) is 27.9. The molecule has 0 amide bonds. The van der Waals surface area contributed by atoms with E-state index in [1.165, 1.54) is 5.56 Å². The van der Waals surface area contributed by atoms with Crippen LogP contribution in [-0.4, -0.2) is 18.3 Å². The molecule has 15 heavy (non-hydrogen) atoms. The summed E-state index contributed by atoms with van der Waals surface area (Å²) in [5.41, 5.74) is 7.11. The first-order valence-corrected chi connectivity index (χ1v) is 5.70. The third-order valence-corrected chi connectivity index (χ3v) is 3.17. The van der Waals surface area contributed by atoms with Crippen molar-refractivity contribution in [1.29, 1.82) is 0 Å². The molecule has 0 aromatic heterocycles. The van der Waals surface area contributed by atoms with E-state index in [0.29, 0.717) is 12.5 Å². The minimum absolute atomic E-state index is 0.0794. The zero-order valence-electron chi connectivity index (χ0n) is 9.61. The van der Waals surface area contributed by atoms with Crippen LogP contribution in [0, 0.1) is 5.92 Å².